The van der Waals surface area contributed by atoms with Crippen LogP contribution in [0, 0.1) is 5.92 Å². The Morgan fingerprint density at radius 2 is 2.06 bits per heavy atom. The number of rotatable bonds is 3. The van der Waals surface area contributed by atoms with E-state index in [1.807, 2.05) is 0 Å². The fourth-order valence-corrected chi connectivity index (χ4v) is 2.81. The van der Waals surface area contributed by atoms with E-state index in [4.69, 9.17) is 5.73 Å². The van der Waals surface area contributed by atoms with E-state index in [1.54, 1.807) is 0 Å². The van der Waals surface area contributed by atoms with E-state index in [0.717, 1.165) is 6.54 Å². The van der Waals surface area contributed by atoms with Crippen molar-refractivity contribution in [1.82, 2.24) is 4.90 Å². The average molecular weight is 218 g/mol. The third-order valence-electron chi connectivity index (χ3n) is 4.05. The molecule has 0 aromatic heterocycles. The SMILES string of the molecule is CC(c1ccccc1)N1CCC(CN)C1C. The summed E-state index contributed by atoms with van der Waals surface area (Å²) in [5.41, 5.74) is 7.21. The number of benzene rings is 1. The molecule has 16 heavy (non-hydrogen) atoms. The summed E-state index contributed by atoms with van der Waals surface area (Å²) >= 11 is 0. The highest BCUT2D eigenvalue weighted by Crippen LogP contribution is 2.31. The first-order chi connectivity index (χ1) is 7.74. The zero-order valence-corrected chi connectivity index (χ0v) is 10.3. The van der Waals surface area contributed by atoms with Crippen molar-refractivity contribution in [2.24, 2.45) is 11.7 Å². The normalized spacial score (nSPS) is 28.2. The first-order valence-electron chi connectivity index (χ1n) is 6.24. The van der Waals surface area contributed by atoms with Crippen LogP contribution in [0.5, 0.6) is 0 Å². The zero-order valence-electron chi connectivity index (χ0n) is 10.3. The van der Waals surface area contributed by atoms with E-state index in [9.17, 15) is 0 Å². The number of nitrogens with zero attached hydrogens (tertiary/aromatic N) is 1. The number of nitrogens with two attached hydrogens (primary N) is 1. The molecule has 1 heterocycles. The second-order valence-corrected chi connectivity index (χ2v) is 4.85. The van der Waals surface area contributed by atoms with Gasteiger partial charge in [0.25, 0.3) is 0 Å². The maximum Gasteiger partial charge on any atom is 0.0322 e. The highest BCUT2D eigenvalue weighted by Gasteiger charge is 2.32. The molecule has 0 aliphatic carbocycles. The Kier molecular flexibility index (Phi) is 3.62. The van der Waals surface area contributed by atoms with E-state index in [-0.39, 0.29) is 0 Å². The van der Waals surface area contributed by atoms with Crippen molar-refractivity contribution in [3.05, 3.63) is 35.9 Å². The maximum atomic E-state index is 5.80. The first kappa shape index (κ1) is 11.6. The van der Waals surface area contributed by atoms with E-state index in [2.05, 4.69) is 49.1 Å². The standard InChI is InChI=1S/C14H22N2/c1-11(13-6-4-3-5-7-13)16-9-8-14(10-15)12(16)2/h3-7,11-12,14H,8-10,15H2,1-2H3. The summed E-state index contributed by atoms with van der Waals surface area (Å²) in [6, 6.07) is 11.9. The lowest BCUT2D eigenvalue weighted by molar-refractivity contribution is 0.186. The summed E-state index contributed by atoms with van der Waals surface area (Å²) in [6.07, 6.45) is 1.24. The molecule has 1 aliphatic rings. The smallest absolute Gasteiger partial charge is 0.0322 e. The third kappa shape index (κ3) is 2.13. The summed E-state index contributed by atoms with van der Waals surface area (Å²) in [6.45, 7) is 6.60. The molecule has 88 valence electrons. The van der Waals surface area contributed by atoms with Gasteiger partial charge in [0.2, 0.25) is 0 Å². The highest BCUT2D eigenvalue weighted by molar-refractivity contribution is 5.19. The van der Waals surface area contributed by atoms with Crippen molar-refractivity contribution in [2.75, 3.05) is 13.1 Å². The van der Waals surface area contributed by atoms with Gasteiger partial charge in [0, 0.05) is 12.1 Å². The van der Waals surface area contributed by atoms with E-state index < -0.39 is 0 Å². The average Bonchev–Trinajstić information content (AvgIpc) is 2.70. The van der Waals surface area contributed by atoms with Crippen molar-refractivity contribution >= 4 is 0 Å². The van der Waals surface area contributed by atoms with Crippen LogP contribution in [-0.4, -0.2) is 24.0 Å². The van der Waals surface area contributed by atoms with Crippen LogP contribution in [0.1, 0.15) is 31.9 Å². The predicted octanol–water partition coefficient (Wildman–Crippen LogP) is 2.42. The van der Waals surface area contributed by atoms with Gasteiger partial charge in [-0.15, -0.1) is 0 Å². The molecular formula is C14H22N2. The molecule has 1 saturated heterocycles. The van der Waals surface area contributed by atoms with Gasteiger partial charge < -0.3 is 5.73 Å². The Morgan fingerprint density at radius 3 is 2.62 bits per heavy atom. The lowest BCUT2D eigenvalue weighted by Gasteiger charge is -2.30. The molecule has 0 bridgehead atoms. The van der Waals surface area contributed by atoms with Gasteiger partial charge in [0.05, 0.1) is 0 Å². The van der Waals surface area contributed by atoms with Crippen LogP contribution in [0.15, 0.2) is 30.3 Å². The van der Waals surface area contributed by atoms with E-state index >= 15 is 0 Å². The van der Waals surface area contributed by atoms with Crippen LogP contribution < -0.4 is 5.73 Å². The lowest BCUT2D eigenvalue weighted by Crippen LogP contribution is -2.34. The zero-order chi connectivity index (χ0) is 11.5. The molecule has 0 saturated carbocycles. The minimum atomic E-state index is 0.507. The van der Waals surface area contributed by atoms with E-state index in [0.29, 0.717) is 18.0 Å². The molecule has 1 aromatic carbocycles. The van der Waals surface area contributed by atoms with Crippen molar-refractivity contribution in [1.29, 1.82) is 0 Å². The quantitative estimate of drug-likeness (QED) is 0.844. The minimum Gasteiger partial charge on any atom is -0.330 e. The summed E-state index contributed by atoms with van der Waals surface area (Å²) in [4.78, 5) is 2.58. The van der Waals surface area contributed by atoms with Crippen molar-refractivity contribution in [3.63, 3.8) is 0 Å². The third-order valence-corrected chi connectivity index (χ3v) is 4.05. The van der Waals surface area contributed by atoms with Gasteiger partial charge in [-0.25, -0.2) is 0 Å². The maximum absolute atomic E-state index is 5.80. The van der Waals surface area contributed by atoms with Crippen LogP contribution in [0.3, 0.4) is 0 Å². The largest absolute Gasteiger partial charge is 0.330 e. The molecule has 0 radical (unpaired) electrons. The molecule has 2 rings (SSSR count). The molecule has 3 atom stereocenters. The molecule has 2 nitrogen and oxygen atoms in total. The van der Waals surface area contributed by atoms with Gasteiger partial charge >= 0.3 is 0 Å². The van der Waals surface area contributed by atoms with Crippen LogP contribution in [-0.2, 0) is 0 Å². The fraction of sp³-hybridized carbons (Fsp3) is 0.571. The number of likely N-dealkylation sites (tertiary alicyclic amines) is 1. The summed E-state index contributed by atoms with van der Waals surface area (Å²) in [5.74, 6) is 0.672. The lowest BCUT2D eigenvalue weighted by atomic mass is 10.0. The molecule has 1 aliphatic heterocycles. The predicted molar refractivity (Wildman–Crippen MR) is 68.2 cm³/mol. The molecule has 0 spiro atoms. The van der Waals surface area contributed by atoms with Crippen LogP contribution in [0.4, 0.5) is 0 Å². The summed E-state index contributed by atoms with van der Waals surface area (Å²) in [5, 5.41) is 0. The molecular weight excluding hydrogens is 196 g/mol. The van der Waals surface area contributed by atoms with Gasteiger partial charge in [-0.1, -0.05) is 30.3 Å². The van der Waals surface area contributed by atoms with Crippen molar-refractivity contribution in [2.45, 2.75) is 32.4 Å². The van der Waals surface area contributed by atoms with Crippen LogP contribution in [0.25, 0.3) is 0 Å². The van der Waals surface area contributed by atoms with Gasteiger partial charge in [-0.2, -0.15) is 0 Å². The first-order valence-corrected chi connectivity index (χ1v) is 6.24. The molecule has 1 aromatic rings. The van der Waals surface area contributed by atoms with Crippen molar-refractivity contribution in [3.8, 4) is 0 Å². The van der Waals surface area contributed by atoms with Gasteiger partial charge in [0.15, 0.2) is 0 Å². The Labute approximate surface area is 98.4 Å². The van der Waals surface area contributed by atoms with Gasteiger partial charge in [-0.3, -0.25) is 4.90 Å². The van der Waals surface area contributed by atoms with Crippen molar-refractivity contribution < 1.29 is 0 Å². The Hall–Kier alpha value is -0.860. The minimum absolute atomic E-state index is 0.507. The molecule has 0 amide bonds. The molecule has 3 unspecified atom stereocenters. The Bertz CT molecular complexity index is 323. The second-order valence-electron chi connectivity index (χ2n) is 4.85. The molecule has 1 fully saturated rings. The number of hydrogen-bond acceptors (Lipinski definition) is 2. The van der Waals surface area contributed by atoms with Crippen LogP contribution in [0.2, 0.25) is 0 Å². The fourth-order valence-electron chi connectivity index (χ4n) is 2.81. The Morgan fingerprint density at radius 1 is 1.38 bits per heavy atom. The topological polar surface area (TPSA) is 29.3 Å². The monoisotopic (exact) mass is 218 g/mol. The van der Waals surface area contributed by atoms with Crippen LogP contribution >= 0.6 is 0 Å². The highest BCUT2D eigenvalue weighted by atomic mass is 15.2. The second kappa shape index (κ2) is 4.98. The molecule has 2 N–H and O–H groups in total. The van der Waals surface area contributed by atoms with Gasteiger partial charge in [-0.05, 0) is 44.8 Å². The summed E-state index contributed by atoms with van der Waals surface area (Å²) in [7, 11) is 0. The summed E-state index contributed by atoms with van der Waals surface area (Å²) < 4.78 is 0. The Balaban J connectivity index is 2.09. The van der Waals surface area contributed by atoms with E-state index in [1.165, 1.54) is 18.5 Å². The van der Waals surface area contributed by atoms with Gasteiger partial charge in [0.1, 0.15) is 0 Å². The molecule has 2 heteroatoms. The number of hydrogen-bond donors (Lipinski definition) is 1.